The molecule has 0 saturated heterocycles. The average Bonchev–Trinajstić information content (AvgIpc) is 2.07. The Morgan fingerprint density at radius 1 is 1.62 bits per heavy atom. The van der Waals surface area contributed by atoms with E-state index in [1.54, 1.807) is 0 Å². The lowest BCUT2D eigenvalue weighted by Gasteiger charge is -2.05. The van der Waals surface area contributed by atoms with Crippen LogP contribution >= 0.6 is 11.8 Å². The van der Waals surface area contributed by atoms with Gasteiger partial charge in [-0.15, -0.1) is 0 Å². The van der Waals surface area contributed by atoms with E-state index in [2.05, 4.69) is 4.98 Å². The molecule has 6 heteroatoms. The molecule has 0 bridgehead atoms. The van der Waals surface area contributed by atoms with E-state index < -0.39 is 5.76 Å². The highest BCUT2D eigenvalue weighted by molar-refractivity contribution is 7.99. The van der Waals surface area contributed by atoms with E-state index in [1.807, 2.05) is 0 Å². The molecule has 2 N–H and O–H groups in total. The quantitative estimate of drug-likeness (QED) is 0.768. The summed E-state index contributed by atoms with van der Waals surface area (Å²) in [6.45, 7) is 0. The Morgan fingerprint density at radius 2 is 2.31 bits per heavy atom. The summed E-state index contributed by atoms with van der Waals surface area (Å²) in [6.07, 6.45) is 1.29. The molecule has 0 aliphatic carbocycles. The van der Waals surface area contributed by atoms with Crippen molar-refractivity contribution in [2.24, 2.45) is 0 Å². The van der Waals surface area contributed by atoms with E-state index in [1.165, 1.54) is 19.4 Å². The molecule has 1 aromatic rings. The molecule has 0 atom stereocenters. The Bertz CT molecular complexity index is 296. The van der Waals surface area contributed by atoms with Gasteiger partial charge in [0.2, 0.25) is 0 Å². The molecule has 3 nitrogen and oxygen atoms in total. The maximum Gasteiger partial charge on any atom is 0.288 e. The Morgan fingerprint density at radius 3 is 2.85 bits per heavy atom. The van der Waals surface area contributed by atoms with Crippen LogP contribution in [0.3, 0.4) is 0 Å². The van der Waals surface area contributed by atoms with Crippen LogP contribution in [0.15, 0.2) is 17.2 Å². The van der Waals surface area contributed by atoms with E-state index in [9.17, 15) is 8.78 Å². The second-order valence-electron chi connectivity index (χ2n) is 2.14. The summed E-state index contributed by atoms with van der Waals surface area (Å²) in [5.74, 6) is -1.96. The van der Waals surface area contributed by atoms with Crippen LogP contribution in [0.4, 0.5) is 14.6 Å². The number of methoxy groups -OCH3 is 1. The van der Waals surface area contributed by atoms with Crippen molar-refractivity contribution in [3.8, 4) is 5.75 Å². The number of halogens is 2. The number of thioether (sulfide) groups is 1. The van der Waals surface area contributed by atoms with E-state index in [-0.39, 0.29) is 5.82 Å². The molecule has 72 valence electrons. The number of anilines is 1. The minimum atomic E-state index is -2.46. The third-order valence-electron chi connectivity index (χ3n) is 1.30. The second kappa shape index (κ2) is 4.27. The molecule has 1 rings (SSSR count). The molecule has 1 heterocycles. The summed E-state index contributed by atoms with van der Waals surface area (Å²) in [7, 11) is 1.41. The fourth-order valence-electron chi connectivity index (χ4n) is 0.768. The zero-order valence-electron chi connectivity index (χ0n) is 6.83. The Kier molecular flexibility index (Phi) is 3.30. The van der Waals surface area contributed by atoms with Crippen molar-refractivity contribution in [2.75, 3.05) is 12.8 Å². The van der Waals surface area contributed by atoms with E-state index in [0.717, 1.165) is 0 Å². The molecule has 0 saturated carbocycles. The van der Waals surface area contributed by atoms with E-state index in [0.29, 0.717) is 22.4 Å². The fraction of sp³-hybridized carbons (Fsp3) is 0.286. The van der Waals surface area contributed by atoms with Crippen LogP contribution in [0.2, 0.25) is 0 Å². The summed E-state index contributed by atoms with van der Waals surface area (Å²) in [6, 6.07) is 1.43. The number of alkyl halides is 2. The van der Waals surface area contributed by atoms with Gasteiger partial charge >= 0.3 is 0 Å². The summed E-state index contributed by atoms with van der Waals surface area (Å²) >= 11 is 0.405. The first-order valence-electron chi connectivity index (χ1n) is 3.38. The number of aromatic nitrogens is 1. The zero-order chi connectivity index (χ0) is 9.84. The minimum Gasteiger partial charge on any atom is -0.493 e. The van der Waals surface area contributed by atoms with Gasteiger partial charge in [-0.1, -0.05) is 11.8 Å². The van der Waals surface area contributed by atoms with Crippen LogP contribution in [0.25, 0.3) is 0 Å². The van der Waals surface area contributed by atoms with E-state index in [4.69, 9.17) is 10.5 Å². The molecule has 0 amide bonds. The molecular formula is C7H8F2N2OS. The van der Waals surface area contributed by atoms with Crippen LogP contribution in [0.1, 0.15) is 0 Å². The highest BCUT2D eigenvalue weighted by Crippen LogP contribution is 2.29. The topological polar surface area (TPSA) is 48.1 Å². The van der Waals surface area contributed by atoms with Crippen molar-refractivity contribution >= 4 is 17.6 Å². The van der Waals surface area contributed by atoms with Gasteiger partial charge in [0.1, 0.15) is 0 Å². The first-order chi connectivity index (χ1) is 6.13. The van der Waals surface area contributed by atoms with Gasteiger partial charge in [0.25, 0.3) is 5.76 Å². The van der Waals surface area contributed by atoms with Crippen LogP contribution in [-0.2, 0) is 0 Å². The van der Waals surface area contributed by atoms with Gasteiger partial charge in [0, 0.05) is 11.1 Å². The molecular weight excluding hydrogens is 198 g/mol. The Balaban J connectivity index is 2.86. The van der Waals surface area contributed by atoms with Gasteiger partial charge in [-0.25, -0.2) is 4.98 Å². The van der Waals surface area contributed by atoms with Gasteiger partial charge < -0.3 is 10.5 Å². The summed E-state index contributed by atoms with van der Waals surface area (Å²) < 4.78 is 28.7. The number of pyridine rings is 1. The third kappa shape index (κ3) is 2.73. The van der Waals surface area contributed by atoms with Crippen molar-refractivity contribution in [1.29, 1.82) is 0 Å². The predicted molar refractivity (Wildman–Crippen MR) is 47.1 cm³/mol. The van der Waals surface area contributed by atoms with Gasteiger partial charge in [0.05, 0.1) is 7.11 Å². The summed E-state index contributed by atoms with van der Waals surface area (Å²) in [5.41, 5.74) is 5.40. The molecule has 0 spiro atoms. The van der Waals surface area contributed by atoms with Crippen molar-refractivity contribution in [2.45, 2.75) is 10.7 Å². The normalized spacial score (nSPS) is 10.5. The SMILES string of the molecule is COc1cc(SC(F)F)cnc1N. The number of hydrogen-bond donors (Lipinski definition) is 1. The minimum absolute atomic E-state index is 0.195. The number of nitrogen functional groups attached to an aromatic ring is 1. The van der Waals surface area contributed by atoms with Crippen LogP contribution in [0, 0.1) is 0 Å². The Hall–Kier alpha value is -1.04. The highest BCUT2D eigenvalue weighted by Gasteiger charge is 2.08. The second-order valence-corrected chi connectivity index (χ2v) is 3.20. The van der Waals surface area contributed by atoms with Crippen molar-refractivity contribution in [3.05, 3.63) is 12.3 Å². The van der Waals surface area contributed by atoms with Gasteiger partial charge in [-0.3, -0.25) is 0 Å². The lowest BCUT2D eigenvalue weighted by molar-refractivity contribution is 0.252. The number of nitrogens with zero attached hydrogens (tertiary/aromatic N) is 1. The third-order valence-corrected chi connectivity index (χ3v) is 1.98. The van der Waals surface area contributed by atoms with Crippen molar-refractivity contribution in [3.63, 3.8) is 0 Å². The molecule has 0 unspecified atom stereocenters. The standard InChI is InChI=1S/C7H8F2N2OS/c1-12-5-2-4(13-7(8)9)3-11-6(5)10/h2-3,7H,1H3,(H2,10,11). The van der Waals surface area contributed by atoms with Crippen LogP contribution < -0.4 is 10.5 Å². The molecule has 13 heavy (non-hydrogen) atoms. The first-order valence-corrected chi connectivity index (χ1v) is 4.25. The van der Waals surface area contributed by atoms with Gasteiger partial charge in [0.15, 0.2) is 11.6 Å². The van der Waals surface area contributed by atoms with E-state index >= 15 is 0 Å². The molecule has 1 aromatic heterocycles. The molecule has 0 aliphatic heterocycles. The molecule has 0 aromatic carbocycles. The smallest absolute Gasteiger partial charge is 0.288 e. The number of rotatable bonds is 3. The van der Waals surface area contributed by atoms with Crippen molar-refractivity contribution in [1.82, 2.24) is 4.98 Å². The first kappa shape index (κ1) is 10.0. The molecule has 0 fully saturated rings. The highest BCUT2D eigenvalue weighted by atomic mass is 32.2. The number of ether oxygens (including phenoxy) is 1. The monoisotopic (exact) mass is 206 g/mol. The number of hydrogen-bond acceptors (Lipinski definition) is 4. The van der Waals surface area contributed by atoms with Crippen LogP contribution in [-0.4, -0.2) is 17.9 Å². The Labute approximate surface area is 78.3 Å². The summed E-state index contributed by atoms with van der Waals surface area (Å²) in [4.78, 5) is 4.04. The molecule has 0 radical (unpaired) electrons. The lowest BCUT2D eigenvalue weighted by Crippen LogP contribution is -1.96. The largest absolute Gasteiger partial charge is 0.493 e. The molecule has 0 aliphatic rings. The lowest BCUT2D eigenvalue weighted by atomic mass is 10.4. The van der Waals surface area contributed by atoms with Gasteiger partial charge in [-0.05, 0) is 6.07 Å². The van der Waals surface area contributed by atoms with Crippen LogP contribution in [0.5, 0.6) is 5.75 Å². The zero-order valence-corrected chi connectivity index (χ0v) is 7.65. The maximum absolute atomic E-state index is 11.9. The maximum atomic E-state index is 11.9. The van der Waals surface area contributed by atoms with Crippen molar-refractivity contribution < 1.29 is 13.5 Å². The number of nitrogens with two attached hydrogens (primary N) is 1. The fourth-order valence-corrected chi connectivity index (χ4v) is 1.26. The van der Waals surface area contributed by atoms with Gasteiger partial charge in [-0.2, -0.15) is 8.78 Å². The average molecular weight is 206 g/mol. The summed E-state index contributed by atoms with van der Waals surface area (Å²) in [5, 5.41) is 0. The predicted octanol–water partition coefficient (Wildman–Crippen LogP) is 1.99.